The first kappa shape index (κ1) is 16.4. The molecule has 0 spiro atoms. The van der Waals surface area contributed by atoms with Gasteiger partial charge in [-0.25, -0.2) is 9.97 Å². The first-order valence-corrected chi connectivity index (χ1v) is 8.45. The molecule has 0 atom stereocenters. The summed E-state index contributed by atoms with van der Waals surface area (Å²) in [6.07, 6.45) is 4.82. The van der Waals surface area contributed by atoms with Gasteiger partial charge < -0.3 is 9.64 Å². The molecule has 126 valence electrons. The van der Waals surface area contributed by atoms with Gasteiger partial charge in [0.25, 0.3) is 5.91 Å². The minimum atomic E-state index is 0.00675. The lowest BCUT2D eigenvalue weighted by Gasteiger charge is -2.32. The Bertz CT molecular complexity index is 667. The molecule has 24 heavy (non-hydrogen) atoms. The van der Waals surface area contributed by atoms with Crippen LogP contribution in [0.15, 0.2) is 42.6 Å². The van der Waals surface area contributed by atoms with E-state index in [0.717, 1.165) is 38.0 Å². The van der Waals surface area contributed by atoms with E-state index < -0.39 is 0 Å². The molecule has 2 aromatic rings. The predicted octanol–water partition coefficient (Wildman–Crippen LogP) is 2.65. The SMILES string of the molecule is Cc1ccnc(OCC(=O)N2CCC(Cc3ccccc3)CC2)n1. The van der Waals surface area contributed by atoms with E-state index in [9.17, 15) is 4.79 Å². The Hall–Kier alpha value is -2.43. The molecule has 1 aromatic carbocycles. The maximum absolute atomic E-state index is 12.3. The summed E-state index contributed by atoms with van der Waals surface area (Å²) in [5.74, 6) is 0.663. The number of benzene rings is 1. The highest BCUT2D eigenvalue weighted by Gasteiger charge is 2.23. The Morgan fingerprint density at radius 1 is 1.21 bits per heavy atom. The molecule has 1 saturated heterocycles. The molecule has 1 aliphatic heterocycles. The van der Waals surface area contributed by atoms with Crippen molar-refractivity contribution in [3.63, 3.8) is 0 Å². The number of aryl methyl sites for hydroxylation is 1. The maximum atomic E-state index is 12.3. The van der Waals surface area contributed by atoms with Gasteiger partial charge in [0.05, 0.1) is 0 Å². The normalized spacial score (nSPS) is 15.3. The Morgan fingerprint density at radius 3 is 2.67 bits per heavy atom. The molecule has 0 bridgehead atoms. The molecule has 5 nitrogen and oxygen atoms in total. The third-order valence-electron chi connectivity index (χ3n) is 4.43. The van der Waals surface area contributed by atoms with Crippen molar-refractivity contribution in [3.05, 3.63) is 53.9 Å². The van der Waals surface area contributed by atoms with E-state index in [1.54, 1.807) is 12.3 Å². The zero-order chi connectivity index (χ0) is 16.8. The third-order valence-corrected chi connectivity index (χ3v) is 4.43. The summed E-state index contributed by atoms with van der Waals surface area (Å²) >= 11 is 0. The van der Waals surface area contributed by atoms with Crippen LogP contribution in [0.4, 0.5) is 0 Å². The van der Waals surface area contributed by atoms with Gasteiger partial charge >= 0.3 is 6.01 Å². The van der Waals surface area contributed by atoms with Crippen molar-refractivity contribution in [2.45, 2.75) is 26.2 Å². The molecule has 0 aliphatic carbocycles. The number of hydrogen-bond donors (Lipinski definition) is 0. The standard InChI is InChI=1S/C19H23N3O2/c1-15-7-10-20-19(21-15)24-14-18(23)22-11-8-17(9-12-22)13-16-5-3-2-4-6-16/h2-7,10,17H,8-9,11-14H2,1H3. The third kappa shape index (κ3) is 4.54. The zero-order valence-corrected chi connectivity index (χ0v) is 14.0. The first-order valence-electron chi connectivity index (χ1n) is 8.45. The van der Waals surface area contributed by atoms with E-state index in [1.807, 2.05) is 17.9 Å². The van der Waals surface area contributed by atoms with Gasteiger partial charge in [0.15, 0.2) is 6.61 Å². The van der Waals surface area contributed by atoms with Gasteiger partial charge in [-0.05, 0) is 43.7 Å². The first-order chi connectivity index (χ1) is 11.7. The van der Waals surface area contributed by atoms with Crippen molar-refractivity contribution in [2.75, 3.05) is 19.7 Å². The minimum absolute atomic E-state index is 0.00675. The minimum Gasteiger partial charge on any atom is -0.453 e. The predicted molar refractivity (Wildman–Crippen MR) is 91.7 cm³/mol. The molecule has 1 amide bonds. The van der Waals surface area contributed by atoms with Crippen molar-refractivity contribution < 1.29 is 9.53 Å². The smallest absolute Gasteiger partial charge is 0.317 e. The number of amides is 1. The average molecular weight is 325 g/mol. The lowest BCUT2D eigenvalue weighted by atomic mass is 9.90. The molecule has 1 aliphatic rings. The van der Waals surface area contributed by atoms with E-state index in [4.69, 9.17) is 4.74 Å². The number of carbonyl (C=O) groups is 1. The van der Waals surface area contributed by atoms with Gasteiger partial charge in [0.1, 0.15) is 0 Å². The molecule has 3 rings (SSSR count). The number of likely N-dealkylation sites (tertiary alicyclic amines) is 1. The highest BCUT2D eigenvalue weighted by molar-refractivity contribution is 5.77. The second-order valence-electron chi connectivity index (χ2n) is 6.28. The highest BCUT2D eigenvalue weighted by atomic mass is 16.5. The number of rotatable bonds is 5. The van der Waals surface area contributed by atoms with Crippen LogP contribution in [-0.4, -0.2) is 40.5 Å². The molecule has 0 radical (unpaired) electrons. The van der Waals surface area contributed by atoms with E-state index in [1.165, 1.54) is 5.56 Å². The van der Waals surface area contributed by atoms with Crippen molar-refractivity contribution in [1.29, 1.82) is 0 Å². The molecule has 0 unspecified atom stereocenters. The van der Waals surface area contributed by atoms with Crippen LogP contribution in [-0.2, 0) is 11.2 Å². The van der Waals surface area contributed by atoms with Crippen molar-refractivity contribution >= 4 is 5.91 Å². The number of ether oxygens (including phenoxy) is 1. The van der Waals surface area contributed by atoms with Crippen LogP contribution in [0.1, 0.15) is 24.1 Å². The molecular formula is C19H23N3O2. The summed E-state index contributed by atoms with van der Waals surface area (Å²) in [5, 5.41) is 0. The molecule has 5 heteroatoms. The number of nitrogens with zero attached hydrogens (tertiary/aromatic N) is 3. The monoisotopic (exact) mass is 325 g/mol. The Balaban J connectivity index is 1.43. The van der Waals surface area contributed by atoms with Crippen LogP contribution in [0.5, 0.6) is 6.01 Å². The second kappa shape index (κ2) is 7.90. The Morgan fingerprint density at radius 2 is 1.96 bits per heavy atom. The number of piperidine rings is 1. The Kier molecular flexibility index (Phi) is 5.41. The summed E-state index contributed by atoms with van der Waals surface area (Å²) in [5.41, 5.74) is 2.20. The fraction of sp³-hybridized carbons (Fsp3) is 0.421. The van der Waals surface area contributed by atoms with Crippen LogP contribution < -0.4 is 4.74 Å². The van der Waals surface area contributed by atoms with Crippen LogP contribution >= 0.6 is 0 Å². The topological polar surface area (TPSA) is 55.3 Å². The molecule has 1 fully saturated rings. The van der Waals surface area contributed by atoms with Crippen LogP contribution in [0, 0.1) is 12.8 Å². The van der Waals surface area contributed by atoms with Crippen LogP contribution in [0.3, 0.4) is 0 Å². The van der Waals surface area contributed by atoms with Gasteiger partial charge in [-0.15, -0.1) is 0 Å². The highest BCUT2D eigenvalue weighted by Crippen LogP contribution is 2.21. The fourth-order valence-electron chi connectivity index (χ4n) is 3.05. The van der Waals surface area contributed by atoms with Crippen LogP contribution in [0.2, 0.25) is 0 Å². The van der Waals surface area contributed by atoms with Gasteiger partial charge in [-0.2, -0.15) is 0 Å². The largest absolute Gasteiger partial charge is 0.453 e. The molecule has 1 aromatic heterocycles. The van der Waals surface area contributed by atoms with Gasteiger partial charge in [-0.3, -0.25) is 4.79 Å². The van der Waals surface area contributed by atoms with Gasteiger partial charge in [0, 0.05) is 25.0 Å². The van der Waals surface area contributed by atoms with Crippen molar-refractivity contribution in [3.8, 4) is 6.01 Å². The Labute approximate surface area is 142 Å². The van der Waals surface area contributed by atoms with E-state index in [2.05, 4.69) is 34.2 Å². The van der Waals surface area contributed by atoms with Gasteiger partial charge in [0.2, 0.25) is 0 Å². The zero-order valence-electron chi connectivity index (χ0n) is 14.0. The van der Waals surface area contributed by atoms with Crippen molar-refractivity contribution in [2.24, 2.45) is 5.92 Å². The number of hydrogen-bond acceptors (Lipinski definition) is 4. The number of carbonyl (C=O) groups excluding carboxylic acids is 1. The maximum Gasteiger partial charge on any atom is 0.317 e. The van der Waals surface area contributed by atoms with Crippen LogP contribution in [0.25, 0.3) is 0 Å². The average Bonchev–Trinajstić information content (AvgIpc) is 2.61. The molecule has 0 N–H and O–H groups in total. The lowest BCUT2D eigenvalue weighted by molar-refractivity contribution is -0.134. The van der Waals surface area contributed by atoms with E-state index >= 15 is 0 Å². The number of aromatic nitrogens is 2. The summed E-state index contributed by atoms with van der Waals surface area (Å²) in [7, 11) is 0. The fourth-order valence-corrected chi connectivity index (χ4v) is 3.05. The van der Waals surface area contributed by atoms with E-state index in [0.29, 0.717) is 5.92 Å². The summed E-state index contributed by atoms with van der Waals surface area (Å²) in [6.45, 7) is 3.48. The quantitative estimate of drug-likeness (QED) is 0.848. The lowest BCUT2D eigenvalue weighted by Crippen LogP contribution is -2.41. The van der Waals surface area contributed by atoms with Crippen molar-refractivity contribution in [1.82, 2.24) is 14.9 Å². The summed E-state index contributed by atoms with van der Waals surface area (Å²) in [6, 6.07) is 12.6. The van der Waals surface area contributed by atoms with E-state index in [-0.39, 0.29) is 18.5 Å². The molecular weight excluding hydrogens is 302 g/mol. The molecule has 0 saturated carbocycles. The summed E-state index contributed by atoms with van der Waals surface area (Å²) < 4.78 is 5.41. The second-order valence-corrected chi connectivity index (χ2v) is 6.28. The van der Waals surface area contributed by atoms with Gasteiger partial charge in [-0.1, -0.05) is 30.3 Å². The molecule has 2 heterocycles. The summed E-state index contributed by atoms with van der Waals surface area (Å²) in [4.78, 5) is 22.3.